The highest BCUT2D eigenvalue weighted by Gasteiger charge is 2.09. The first-order valence-corrected chi connectivity index (χ1v) is 9.13. The van der Waals surface area contributed by atoms with Gasteiger partial charge in [0.05, 0.1) is 11.8 Å². The van der Waals surface area contributed by atoms with E-state index in [1.54, 1.807) is 0 Å². The van der Waals surface area contributed by atoms with E-state index in [1.807, 2.05) is 51.1 Å². The Morgan fingerprint density at radius 1 is 0.852 bits per heavy atom. The van der Waals surface area contributed by atoms with Gasteiger partial charge >= 0.3 is 0 Å². The second kappa shape index (κ2) is 8.08. The summed E-state index contributed by atoms with van der Waals surface area (Å²) in [6.07, 6.45) is 0.0911. The van der Waals surface area contributed by atoms with E-state index in [4.69, 9.17) is 4.74 Å². The average molecular weight is 362 g/mol. The van der Waals surface area contributed by atoms with Gasteiger partial charge in [-0.25, -0.2) is 4.98 Å². The van der Waals surface area contributed by atoms with E-state index >= 15 is 0 Å². The molecular weight excluding hydrogens is 336 g/mol. The summed E-state index contributed by atoms with van der Waals surface area (Å²) in [7, 11) is 0. The van der Waals surface area contributed by atoms with Crippen LogP contribution in [0, 0.1) is 20.8 Å². The Labute approximate surface area is 160 Å². The second-order valence-corrected chi connectivity index (χ2v) is 6.93. The maximum absolute atomic E-state index is 5.86. The van der Waals surface area contributed by atoms with Crippen molar-refractivity contribution in [2.75, 3.05) is 10.6 Å². The molecule has 3 aromatic rings. The molecule has 0 aliphatic heterocycles. The van der Waals surface area contributed by atoms with Gasteiger partial charge in [0.1, 0.15) is 11.6 Å². The molecule has 5 nitrogen and oxygen atoms in total. The Balaban J connectivity index is 1.84. The minimum Gasteiger partial charge on any atom is -0.489 e. The normalized spacial score (nSPS) is 10.7. The monoisotopic (exact) mass is 362 g/mol. The molecule has 0 saturated carbocycles. The Morgan fingerprint density at radius 3 is 2.37 bits per heavy atom. The first-order chi connectivity index (χ1) is 12.9. The van der Waals surface area contributed by atoms with Crippen molar-refractivity contribution in [3.63, 3.8) is 0 Å². The fraction of sp³-hybridized carbons (Fsp3) is 0.273. The molecule has 5 heteroatoms. The summed E-state index contributed by atoms with van der Waals surface area (Å²) in [5.74, 6) is 2.05. The van der Waals surface area contributed by atoms with Crippen molar-refractivity contribution in [2.45, 2.75) is 40.7 Å². The number of benzene rings is 2. The number of para-hydroxylation sites is 2. The van der Waals surface area contributed by atoms with Gasteiger partial charge in [-0.1, -0.05) is 18.2 Å². The SMILES string of the molecule is Cc1cc(Nc2ccc(C)c(C)c2)nc(Nc2ccccc2OC(C)C)n1. The van der Waals surface area contributed by atoms with Crippen LogP contribution in [0.5, 0.6) is 5.75 Å². The molecule has 0 aliphatic rings. The van der Waals surface area contributed by atoms with Crippen molar-refractivity contribution in [1.29, 1.82) is 0 Å². The number of aromatic nitrogens is 2. The number of hydrogen-bond acceptors (Lipinski definition) is 5. The molecule has 0 atom stereocenters. The highest BCUT2D eigenvalue weighted by molar-refractivity contribution is 5.65. The number of aryl methyl sites for hydroxylation is 3. The van der Waals surface area contributed by atoms with Crippen molar-refractivity contribution in [3.8, 4) is 5.75 Å². The third-order valence-electron chi connectivity index (χ3n) is 4.13. The average Bonchev–Trinajstić information content (AvgIpc) is 2.59. The highest BCUT2D eigenvalue weighted by atomic mass is 16.5. The fourth-order valence-corrected chi connectivity index (χ4v) is 2.70. The molecule has 0 saturated heterocycles. The second-order valence-electron chi connectivity index (χ2n) is 6.93. The lowest BCUT2D eigenvalue weighted by Crippen LogP contribution is -2.08. The topological polar surface area (TPSA) is 59.1 Å². The molecule has 1 aromatic heterocycles. The molecule has 3 rings (SSSR count). The van der Waals surface area contributed by atoms with Crippen LogP contribution in [0.2, 0.25) is 0 Å². The van der Waals surface area contributed by atoms with Crippen molar-refractivity contribution in [3.05, 3.63) is 65.4 Å². The minimum atomic E-state index is 0.0911. The van der Waals surface area contributed by atoms with Crippen LogP contribution in [0.3, 0.4) is 0 Å². The molecule has 0 unspecified atom stereocenters. The van der Waals surface area contributed by atoms with Gasteiger partial charge in [-0.3, -0.25) is 0 Å². The molecule has 27 heavy (non-hydrogen) atoms. The summed E-state index contributed by atoms with van der Waals surface area (Å²) in [5.41, 5.74) is 5.23. The molecule has 0 radical (unpaired) electrons. The molecule has 2 N–H and O–H groups in total. The summed E-state index contributed by atoms with van der Waals surface area (Å²) in [6, 6.07) is 16.0. The lowest BCUT2D eigenvalue weighted by molar-refractivity contribution is 0.244. The van der Waals surface area contributed by atoms with Crippen LogP contribution in [0.4, 0.5) is 23.1 Å². The Kier molecular flexibility index (Phi) is 5.60. The van der Waals surface area contributed by atoms with Gasteiger partial charge in [0.2, 0.25) is 5.95 Å². The van der Waals surface area contributed by atoms with Gasteiger partial charge in [0.15, 0.2) is 0 Å². The van der Waals surface area contributed by atoms with Gasteiger partial charge < -0.3 is 15.4 Å². The number of rotatable bonds is 6. The van der Waals surface area contributed by atoms with Gasteiger partial charge in [-0.05, 0) is 70.0 Å². The van der Waals surface area contributed by atoms with Gasteiger partial charge in [0.25, 0.3) is 0 Å². The number of nitrogens with one attached hydrogen (secondary N) is 2. The predicted octanol–water partition coefficient (Wildman–Crippen LogP) is 5.68. The van der Waals surface area contributed by atoms with E-state index in [1.165, 1.54) is 11.1 Å². The van der Waals surface area contributed by atoms with Gasteiger partial charge in [-0.15, -0.1) is 0 Å². The summed E-state index contributed by atoms with van der Waals surface area (Å²) >= 11 is 0. The van der Waals surface area contributed by atoms with Crippen molar-refractivity contribution in [1.82, 2.24) is 9.97 Å². The Bertz CT molecular complexity index is 937. The molecule has 140 valence electrons. The van der Waals surface area contributed by atoms with Crippen molar-refractivity contribution in [2.24, 2.45) is 0 Å². The van der Waals surface area contributed by atoms with Crippen LogP contribution in [0.1, 0.15) is 30.7 Å². The smallest absolute Gasteiger partial charge is 0.229 e. The van der Waals surface area contributed by atoms with Crippen LogP contribution in [-0.4, -0.2) is 16.1 Å². The molecule has 0 spiro atoms. The van der Waals surface area contributed by atoms with E-state index in [0.29, 0.717) is 5.95 Å². The quantitative estimate of drug-likeness (QED) is 0.591. The number of nitrogens with zero attached hydrogens (tertiary/aromatic N) is 2. The maximum atomic E-state index is 5.86. The summed E-state index contributed by atoms with van der Waals surface area (Å²) in [5, 5.41) is 6.64. The molecule has 0 bridgehead atoms. The Morgan fingerprint density at radius 2 is 1.63 bits per heavy atom. The zero-order valence-corrected chi connectivity index (χ0v) is 16.5. The van der Waals surface area contributed by atoms with E-state index in [2.05, 4.69) is 52.6 Å². The zero-order chi connectivity index (χ0) is 19.4. The molecule has 2 aromatic carbocycles. The van der Waals surface area contributed by atoms with Gasteiger partial charge in [-0.2, -0.15) is 4.98 Å². The van der Waals surface area contributed by atoms with E-state index < -0.39 is 0 Å². The minimum absolute atomic E-state index is 0.0911. The van der Waals surface area contributed by atoms with E-state index in [9.17, 15) is 0 Å². The summed E-state index contributed by atoms with van der Waals surface area (Å²) in [4.78, 5) is 9.11. The summed E-state index contributed by atoms with van der Waals surface area (Å²) < 4.78 is 5.86. The maximum Gasteiger partial charge on any atom is 0.229 e. The molecule has 0 aliphatic carbocycles. The van der Waals surface area contributed by atoms with Crippen LogP contribution in [-0.2, 0) is 0 Å². The van der Waals surface area contributed by atoms with Crippen molar-refractivity contribution < 1.29 is 4.74 Å². The van der Waals surface area contributed by atoms with Crippen LogP contribution in [0.15, 0.2) is 48.5 Å². The van der Waals surface area contributed by atoms with Crippen molar-refractivity contribution >= 4 is 23.1 Å². The third kappa shape index (κ3) is 4.97. The standard InChI is InChI=1S/C22H26N4O/c1-14(2)27-20-9-7-6-8-19(20)25-22-23-17(5)13-21(26-22)24-18-11-10-15(3)16(4)12-18/h6-14H,1-5H3,(H2,23,24,25,26). The number of hydrogen-bond donors (Lipinski definition) is 2. The third-order valence-corrected chi connectivity index (χ3v) is 4.13. The lowest BCUT2D eigenvalue weighted by atomic mass is 10.1. The van der Waals surface area contributed by atoms with E-state index in [0.717, 1.165) is 28.6 Å². The van der Waals surface area contributed by atoms with Gasteiger partial charge in [0, 0.05) is 17.4 Å². The fourth-order valence-electron chi connectivity index (χ4n) is 2.70. The Hall–Kier alpha value is -3.08. The molecule has 0 amide bonds. The zero-order valence-electron chi connectivity index (χ0n) is 16.5. The molecule has 0 fully saturated rings. The largest absolute Gasteiger partial charge is 0.489 e. The molecular formula is C22H26N4O. The number of ether oxygens (including phenoxy) is 1. The van der Waals surface area contributed by atoms with Crippen LogP contribution in [0.25, 0.3) is 0 Å². The lowest BCUT2D eigenvalue weighted by Gasteiger charge is -2.15. The van der Waals surface area contributed by atoms with E-state index in [-0.39, 0.29) is 6.10 Å². The first kappa shape index (κ1) is 18.7. The number of anilines is 4. The van der Waals surface area contributed by atoms with Crippen LogP contribution < -0.4 is 15.4 Å². The first-order valence-electron chi connectivity index (χ1n) is 9.13. The predicted molar refractivity (Wildman–Crippen MR) is 111 cm³/mol. The molecule has 1 heterocycles. The van der Waals surface area contributed by atoms with Crippen LogP contribution >= 0.6 is 0 Å². The highest BCUT2D eigenvalue weighted by Crippen LogP contribution is 2.28. The summed E-state index contributed by atoms with van der Waals surface area (Å²) in [6.45, 7) is 10.2.